The van der Waals surface area contributed by atoms with Gasteiger partial charge in [-0.1, -0.05) is 23.9 Å². The lowest BCUT2D eigenvalue weighted by atomic mass is 10.3. The second kappa shape index (κ2) is 8.91. The number of hydrogen-bond donors (Lipinski definition) is 0. The second-order valence-electron chi connectivity index (χ2n) is 5.58. The van der Waals surface area contributed by atoms with E-state index in [9.17, 15) is 4.79 Å². The van der Waals surface area contributed by atoms with Crippen molar-refractivity contribution in [2.75, 3.05) is 33.1 Å². The molecule has 0 aliphatic heterocycles. The van der Waals surface area contributed by atoms with Crippen LogP contribution in [0.4, 0.5) is 0 Å². The Morgan fingerprint density at radius 1 is 1.15 bits per heavy atom. The lowest BCUT2D eigenvalue weighted by Crippen LogP contribution is -2.32. The minimum atomic E-state index is 0.0626. The van der Waals surface area contributed by atoms with Gasteiger partial charge in [-0.05, 0) is 36.4 Å². The molecule has 0 saturated heterocycles. The number of para-hydroxylation sites is 1. The maximum atomic E-state index is 12.3. The standard InChI is InChI=1S/C19H20N2O3S2/c1-21(11-12-24-15-9-7-14(23-2)8-10-15)18(22)13-25-19-20-16-5-3-4-6-17(16)26-19/h3-10H,11-13H2,1-2H3. The van der Waals surface area contributed by atoms with Crippen LogP contribution in [-0.2, 0) is 4.79 Å². The zero-order valence-electron chi connectivity index (χ0n) is 14.7. The van der Waals surface area contributed by atoms with Crippen LogP contribution in [0, 0.1) is 0 Å². The Labute approximate surface area is 160 Å². The Morgan fingerprint density at radius 3 is 2.62 bits per heavy atom. The van der Waals surface area contributed by atoms with E-state index in [1.165, 1.54) is 11.8 Å². The lowest BCUT2D eigenvalue weighted by Gasteiger charge is -2.17. The van der Waals surface area contributed by atoms with Crippen LogP contribution >= 0.6 is 23.1 Å². The molecule has 0 aliphatic rings. The first-order chi connectivity index (χ1) is 12.7. The largest absolute Gasteiger partial charge is 0.497 e. The number of carbonyl (C=O) groups is 1. The first-order valence-corrected chi connectivity index (χ1v) is 9.95. The summed E-state index contributed by atoms with van der Waals surface area (Å²) < 4.78 is 12.8. The monoisotopic (exact) mass is 388 g/mol. The molecule has 136 valence electrons. The van der Waals surface area contributed by atoms with Crippen LogP contribution in [0.5, 0.6) is 11.5 Å². The number of benzene rings is 2. The van der Waals surface area contributed by atoms with Crippen LogP contribution < -0.4 is 9.47 Å². The summed E-state index contributed by atoms with van der Waals surface area (Å²) in [5, 5.41) is 0. The summed E-state index contributed by atoms with van der Waals surface area (Å²) >= 11 is 3.09. The molecule has 7 heteroatoms. The highest BCUT2D eigenvalue weighted by atomic mass is 32.2. The lowest BCUT2D eigenvalue weighted by molar-refractivity contribution is -0.127. The third kappa shape index (κ3) is 4.89. The number of carbonyl (C=O) groups excluding carboxylic acids is 1. The van der Waals surface area contributed by atoms with Crippen molar-refractivity contribution in [3.05, 3.63) is 48.5 Å². The quantitative estimate of drug-likeness (QED) is 0.547. The number of likely N-dealkylation sites (N-methyl/N-ethyl adjacent to an activating group) is 1. The number of rotatable bonds is 8. The van der Waals surface area contributed by atoms with Gasteiger partial charge in [0.05, 0.1) is 29.6 Å². The molecule has 0 spiro atoms. The third-order valence-electron chi connectivity index (χ3n) is 3.77. The van der Waals surface area contributed by atoms with Gasteiger partial charge in [0.2, 0.25) is 5.91 Å². The zero-order valence-corrected chi connectivity index (χ0v) is 16.3. The van der Waals surface area contributed by atoms with E-state index in [0.717, 1.165) is 26.1 Å². The Hall–Kier alpha value is -2.25. The van der Waals surface area contributed by atoms with E-state index in [2.05, 4.69) is 4.98 Å². The maximum absolute atomic E-state index is 12.3. The summed E-state index contributed by atoms with van der Waals surface area (Å²) in [7, 11) is 3.42. The SMILES string of the molecule is COc1ccc(OCCN(C)C(=O)CSc2nc3ccccc3s2)cc1. The van der Waals surface area contributed by atoms with Crippen LogP contribution in [0.3, 0.4) is 0 Å². The molecule has 0 radical (unpaired) electrons. The van der Waals surface area contributed by atoms with Gasteiger partial charge in [-0.2, -0.15) is 0 Å². The van der Waals surface area contributed by atoms with Gasteiger partial charge in [0.15, 0.2) is 4.34 Å². The molecule has 3 rings (SSSR count). The van der Waals surface area contributed by atoms with Crippen LogP contribution in [0.1, 0.15) is 0 Å². The fourth-order valence-corrected chi connectivity index (χ4v) is 4.25. The molecule has 0 aliphatic carbocycles. The number of thioether (sulfide) groups is 1. The summed E-state index contributed by atoms with van der Waals surface area (Å²) in [5.41, 5.74) is 0.980. The molecule has 1 aromatic heterocycles. The number of thiazole rings is 1. The van der Waals surface area contributed by atoms with Crippen molar-refractivity contribution in [2.24, 2.45) is 0 Å². The van der Waals surface area contributed by atoms with Gasteiger partial charge in [0, 0.05) is 7.05 Å². The van der Waals surface area contributed by atoms with Crippen LogP contribution in [0.2, 0.25) is 0 Å². The van der Waals surface area contributed by atoms with Gasteiger partial charge in [0.1, 0.15) is 18.1 Å². The normalized spacial score (nSPS) is 10.7. The predicted molar refractivity (Wildman–Crippen MR) is 106 cm³/mol. The minimum absolute atomic E-state index is 0.0626. The molecule has 0 atom stereocenters. The Kier molecular flexibility index (Phi) is 6.35. The fraction of sp³-hybridized carbons (Fsp3) is 0.263. The molecule has 0 unspecified atom stereocenters. The topological polar surface area (TPSA) is 51.7 Å². The molecule has 0 N–H and O–H groups in total. The van der Waals surface area contributed by atoms with E-state index in [1.807, 2.05) is 48.5 Å². The predicted octanol–water partition coefficient (Wildman–Crippen LogP) is 3.93. The molecular formula is C19H20N2O3S2. The van der Waals surface area contributed by atoms with Crippen molar-refractivity contribution >= 4 is 39.2 Å². The van der Waals surface area contributed by atoms with E-state index in [0.29, 0.717) is 18.9 Å². The smallest absolute Gasteiger partial charge is 0.232 e. The van der Waals surface area contributed by atoms with E-state index in [4.69, 9.17) is 9.47 Å². The average Bonchev–Trinajstić information content (AvgIpc) is 3.09. The third-order valence-corrected chi connectivity index (χ3v) is 5.94. The number of aromatic nitrogens is 1. The molecule has 5 nitrogen and oxygen atoms in total. The molecule has 1 amide bonds. The maximum Gasteiger partial charge on any atom is 0.232 e. The van der Waals surface area contributed by atoms with E-state index in [-0.39, 0.29) is 5.91 Å². The fourth-order valence-electron chi connectivity index (χ4n) is 2.24. The Balaban J connectivity index is 1.42. The minimum Gasteiger partial charge on any atom is -0.497 e. The van der Waals surface area contributed by atoms with Gasteiger partial charge in [-0.3, -0.25) is 4.79 Å². The van der Waals surface area contributed by atoms with Crippen molar-refractivity contribution in [3.63, 3.8) is 0 Å². The van der Waals surface area contributed by atoms with Crippen molar-refractivity contribution in [2.45, 2.75) is 4.34 Å². The molecule has 1 heterocycles. The van der Waals surface area contributed by atoms with Crippen LogP contribution in [-0.4, -0.2) is 48.9 Å². The first-order valence-electron chi connectivity index (χ1n) is 8.15. The highest BCUT2D eigenvalue weighted by Gasteiger charge is 2.11. The molecule has 26 heavy (non-hydrogen) atoms. The highest BCUT2D eigenvalue weighted by molar-refractivity contribution is 8.01. The Morgan fingerprint density at radius 2 is 1.88 bits per heavy atom. The highest BCUT2D eigenvalue weighted by Crippen LogP contribution is 2.29. The van der Waals surface area contributed by atoms with Crippen molar-refractivity contribution in [1.29, 1.82) is 0 Å². The molecule has 3 aromatic rings. The first kappa shape index (κ1) is 18.5. The number of nitrogens with zero attached hydrogens (tertiary/aromatic N) is 2. The van der Waals surface area contributed by atoms with Gasteiger partial charge in [-0.25, -0.2) is 4.98 Å². The number of hydrogen-bond acceptors (Lipinski definition) is 6. The van der Waals surface area contributed by atoms with Crippen molar-refractivity contribution in [1.82, 2.24) is 9.88 Å². The van der Waals surface area contributed by atoms with Crippen molar-refractivity contribution in [3.8, 4) is 11.5 Å². The number of ether oxygens (including phenoxy) is 2. The summed E-state index contributed by atoms with van der Waals surface area (Å²) in [6.07, 6.45) is 0. The summed E-state index contributed by atoms with van der Waals surface area (Å²) in [6.45, 7) is 0.978. The molecule has 0 fully saturated rings. The zero-order chi connectivity index (χ0) is 18.4. The number of fused-ring (bicyclic) bond motifs is 1. The van der Waals surface area contributed by atoms with E-state index < -0.39 is 0 Å². The van der Waals surface area contributed by atoms with Gasteiger partial charge >= 0.3 is 0 Å². The van der Waals surface area contributed by atoms with E-state index >= 15 is 0 Å². The summed E-state index contributed by atoms with van der Waals surface area (Å²) in [6, 6.07) is 15.4. The van der Waals surface area contributed by atoms with Gasteiger partial charge in [0.25, 0.3) is 0 Å². The van der Waals surface area contributed by atoms with Crippen LogP contribution in [0.15, 0.2) is 52.9 Å². The number of amides is 1. The number of methoxy groups -OCH3 is 1. The van der Waals surface area contributed by atoms with E-state index in [1.54, 1.807) is 30.4 Å². The summed E-state index contributed by atoms with van der Waals surface area (Å²) in [4.78, 5) is 18.5. The average molecular weight is 389 g/mol. The Bertz CT molecular complexity index is 832. The van der Waals surface area contributed by atoms with Crippen molar-refractivity contribution < 1.29 is 14.3 Å². The van der Waals surface area contributed by atoms with Gasteiger partial charge in [-0.15, -0.1) is 11.3 Å². The molecule has 2 aromatic carbocycles. The molecule has 0 bridgehead atoms. The summed E-state index contributed by atoms with van der Waals surface area (Å²) in [5.74, 6) is 1.98. The van der Waals surface area contributed by atoms with Crippen LogP contribution in [0.25, 0.3) is 10.2 Å². The second-order valence-corrected chi connectivity index (χ2v) is 7.83. The van der Waals surface area contributed by atoms with Gasteiger partial charge < -0.3 is 14.4 Å². The molecular weight excluding hydrogens is 368 g/mol. The molecule has 0 saturated carbocycles.